The summed E-state index contributed by atoms with van der Waals surface area (Å²) in [5, 5.41) is 4.18. The first kappa shape index (κ1) is 17.5. The number of benzene rings is 1. The van der Waals surface area contributed by atoms with Crippen LogP contribution in [0.4, 0.5) is 10.2 Å². The summed E-state index contributed by atoms with van der Waals surface area (Å²) in [6, 6.07) is 8.67. The minimum absolute atomic E-state index is 0.0540. The topological polar surface area (TPSA) is 59.7 Å². The number of esters is 1. The Morgan fingerprint density at radius 3 is 3.04 bits per heavy atom. The van der Waals surface area contributed by atoms with Gasteiger partial charge in [0.1, 0.15) is 17.2 Å². The Hall–Kier alpha value is -2.96. The average Bonchev–Trinajstić information content (AvgIpc) is 3.11. The standard InChI is InChI=1S/C20H21FN4O2/c1-2-27-20(26)16-13-22-25-11-9-18(23-19(16)25)24-10-4-3-8-17(24)14-6-5-7-15(21)12-14/h5-7,9,11-13,17H,2-4,8,10H2,1H3. The minimum atomic E-state index is -0.433. The Balaban J connectivity index is 1.73. The summed E-state index contributed by atoms with van der Waals surface area (Å²) >= 11 is 0. The zero-order valence-electron chi connectivity index (χ0n) is 15.1. The molecule has 0 radical (unpaired) electrons. The molecule has 0 saturated carbocycles. The molecule has 1 aliphatic rings. The maximum absolute atomic E-state index is 13.7. The summed E-state index contributed by atoms with van der Waals surface area (Å²) in [5.41, 5.74) is 1.75. The molecule has 1 aliphatic heterocycles. The van der Waals surface area contributed by atoms with Crippen molar-refractivity contribution < 1.29 is 13.9 Å². The lowest BCUT2D eigenvalue weighted by Crippen LogP contribution is -2.34. The van der Waals surface area contributed by atoms with Crippen LogP contribution < -0.4 is 4.90 Å². The van der Waals surface area contributed by atoms with Crippen molar-refractivity contribution in [3.63, 3.8) is 0 Å². The lowest BCUT2D eigenvalue weighted by Gasteiger charge is -2.37. The fourth-order valence-electron chi connectivity index (χ4n) is 3.64. The van der Waals surface area contributed by atoms with E-state index in [1.807, 2.05) is 12.1 Å². The van der Waals surface area contributed by atoms with Crippen LogP contribution in [0.2, 0.25) is 0 Å². The minimum Gasteiger partial charge on any atom is -0.462 e. The van der Waals surface area contributed by atoms with Crippen LogP contribution in [0, 0.1) is 5.82 Å². The molecule has 0 spiro atoms. The van der Waals surface area contributed by atoms with E-state index in [0.29, 0.717) is 17.8 Å². The van der Waals surface area contributed by atoms with Crippen molar-refractivity contribution in [1.29, 1.82) is 0 Å². The molecule has 0 aliphatic carbocycles. The molecule has 1 atom stereocenters. The van der Waals surface area contributed by atoms with Crippen LogP contribution in [0.1, 0.15) is 48.1 Å². The third kappa shape index (κ3) is 3.37. The number of anilines is 1. The SMILES string of the molecule is CCOC(=O)c1cnn2ccc(N3CCCCC3c3cccc(F)c3)nc12. The third-order valence-corrected chi connectivity index (χ3v) is 4.88. The van der Waals surface area contributed by atoms with Crippen LogP contribution in [0.5, 0.6) is 0 Å². The molecule has 1 aromatic carbocycles. The predicted molar refractivity (Wildman–Crippen MR) is 99.3 cm³/mol. The molecule has 0 N–H and O–H groups in total. The van der Waals surface area contributed by atoms with Gasteiger partial charge in [0, 0.05) is 12.7 Å². The summed E-state index contributed by atoms with van der Waals surface area (Å²) in [6.07, 6.45) is 6.33. The molecule has 1 unspecified atom stereocenters. The summed E-state index contributed by atoms with van der Waals surface area (Å²) in [7, 11) is 0. The second-order valence-corrected chi connectivity index (χ2v) is 6.59. The number of aromatic nitrogens is 3. The normalized spacial score (nSPS) is 17.3. The van der Waals surface area contributed by atoms with Crippen molar-refractivity contribution in [2.45, 2.75) is 32.2 Å². The van der Waals surface area contributed by atoms with Gasteiger partial charge in [0.15, 0.2) is 5.65 Å². The first-order chi connectivity index (χ1) is 13.2. The second-order valence-electron chi connectivity index (χ2n) is 6.59. The lowest BCUT2D eigenvalue weighted by molar-refractivity contribution is 0.0528. The number of piperidine rings is 1. The van der Waals surface area contributed by atoms with Crippen LogP contribution >= 0.6 is 0 Å². The highest BCUT2D eigenvalue weighted by Gasteiger charge is 2.26. The molecule has 140 valence electrons. The van der Waals surface area contributed by atoms with Crippen molar-refractivity contribution >= 4 is 17.4 Å². The number of nitrogens with zero attached hydrogens (tertiary/aromatic N) is 4. The van der Waals surface area contributed by atoms with E-state index in [0.717, 1.165) is 37.2 Å². The monoisotopic (exact) mass is 368 g/mol. The maximum atomic E-state index is 13.7. The summed E-state index contributed by atoms with van der Waals surface area (Å²) in [4.78, 5) is 19.0. The predicted octanol–water partition coefficient (Wildman–Crippen LogP) is 3.78. The van der Waals surface area contributed by atoms with Crippen molar-refractivity contribution in [1.82, 2.24) is 14.6 Å². The molecule has 7 heteroatoms. The van der Waals surface area contributed by atoms with E-state index in [-0.39, 0.29) is 11.9 Å². The highest BCUT2D eigenvalue weighted by atomic mass is 19.1. The maximum Gasteiger partial charge on any atom is 0.343 e. The Labute approximate surface area is 156 Å². The second kappa shape index (κ2) is 7.34. The highest BCUT2D eigenvalue weighted by Crippen LogP contribution is 2.34. The van der Waals surface area contributed by atoms with Gasteiger partial charge in [0.25, 0.3) is 0 Å². The van der Waals surface area contributed by atoms with Gasteiger partial charge in [-0.1, -0.05) is 12.1 Å². The molecule has 3 aromatic rings. The summed E-state index contributed by atoms with van der Waals surface area (Å²) < 4.78 is 20.4. The van der Waals surface area contributed by atoms with Gasteiger partial charge in [-0.3, -0.25) is 0 Å². The number of carbonyl (C=O) groups is 1. The van der Waals surface area contributed by atoms with E-state index < -0.39 is 5.97 Å². The van der Waals surface area contributed by atoms with E-state index in [9.17, 15) is 9.18 Å². The number of halogens is 1. The van der Waals surface area contributed by atoms with Gasteiger partial charge >= 0.3 is 5.97 Å². The number of ether oxygens (including phenoxy) is 1. The van der Waals surface area contributed by atoms with Crippen LogP contribution in [0.3, 0.4) is 0 Å². The van der Waals surface area contributed by atoms with Gasteiger partial charge in [-0.05, 0) is 49.9 Å². The molecule has 2 aromatic heterocycles. The fraction of sp³-hybridized carbons (Fsp3) is 0.350. The molecule has 0 amide bonds. The van der Waals surface area contributed by atoms with E-state index in [1.54, 1.807) is 29.8 Å². The van der Waals surface area contributed by atoms with Crippen molar-refractivity contribution in [3.8, 4) is 0 Å². The van der Waals surface area contributed by atoms with Crippen LogP contribution in [0.25, 0.3) is 5.65 Å². The van der Waals surface area contributed by atoms with Gasteiger partial charge in [0.05, 0.1) is 18.8 Å². The van der Waals surface area contributed by atoms with Crippen molar-refractivity contribution in [3.05, 3.63) is 59.7 Å². The van der Waals surface area contributed by atoms with E-state index >= 15 is 0 Å². The summed E-state index contributed by atoms with van der Waals surface area (Å²) in [6.45, 7) is 2.89. The van der Waals surface area contributed by atoms with Gasteiger partial charge < -0.3 is 9.64 Å². The van der Waals surface area contributed by atoms with E-state index in [1.165, 1.54) is 12.3 Å². The molecule has 1 fully saturated rings. The number of rotatable bonds is 4. The van der Waals surface area contributed by atoms with Gasteiger partial charge in [-0.25, -0.2) is 18.7 Å². The quantitative estimate of drug-likeness (QED) is 0.656. The van der Waals surface area contributed by atoms with E-state index in [2.05, 4.69) is 10.00 Å². The van der Waals surface area contributed by atoms with Gasteiger partial charge in [-0.15, -0.1) is 0 Å². The lowest BCUT2D eigenvalue weighted by atomic mass is 9.95. The average molecular weight is 368 g/mol. The summed E-state index contributed by atoms with van der Waals surface area (Å²) in [5.74, 6) is 0.0850. The first-order valence-electron chi connectivity index (χ1n) is 9.21. The molecule has 1 saturated heterocycles. The zero-order valence-corrected chi connectivity index (χ0v) is 15.1. The molecular formula is C20H21FN4O2. The Bertz CT molecular complexity index is 972. The highest BCUT2D eigenvalue weighted by molar-refractivity contribution is 5.95. The van der Waals surface area contributed by atoms with Crippen LogP contribution in [-0.2, 0) is 4.74 Å². The molecule has 27 heavy (non-hydrogen) atoms. The Kier molecular flexibility index (Phi) is 4.75. The smallest absolute Gasteiger partial charge is 0.343 e. The largest absolute Gasteiger partial charge is 0.462 e. The Morgan fingerprint density at radius 1 is 1.33 bits per heavy atom. The molecular weight excluding hydrogens is 347 g/mol. The van der Waals surface area contributed by atoms with Gasteiger partial charge in [-0.2, -0.15) is 5.10 Å². The number of hydrogen-bond donors (Lipinski definition) is 0. The van der Waals surface area contributed by atoms with Crippen molar-refractivity contribution in [2.75, 3.05) is 18.1 Å². The van der Waals surface area contributed by atoms with E-state index in [4.69, 9.17) is 9.72 Å². The third-order valence-electron chi connectivity index (χ3n) is 4.88. The molecule has 0 bridgehead atoms. The fourth-order valence-corrected chi connectivity index (χ4v) is 3.64. The molecule has 3 heterocycles. The number of hydrogen-bond acceptors (Lipinski definition) is 5. The first-order valence-corrected chi connectivity index (χ1v) is 9.21. The molecule has 4 rings (SSSR count). The van der Waals surface area contributed by atoms with Gasteiger partial charge in [0.2, 0.25) is 0 Å². The zero-order chi connectivity index (χ0) is 18.8. The van der Waals surface area contributed by atoms with Crippen LogP contribution in [0.15, 0.2) is 42.7 Å². The number of carbonyl (C=O) groups excluding carboxylic acids is 1. The Morgan fingerprint density at radius 2 is 2.22 bits per heavy atom. The van der Waals surface area contributed by atoms with Crippen molar-refractivity contribution in [2.24, 2.45) is 0 Å². The molecule has 6 nitrogen and oxygen atoms in total. The number of fused-ring (bicyclic) bond motifs is 1. The van der Waals surface area contributed by atoms with Crippen LogP contribution in [-0.4, -0.2) is 33.7 Å².